The van der Waals surface area contributed by atoms with Crippen molar-refractivity contribution in [1.82, 2.24) is 0 Å². The molecular formula is C7H11Br2F3S. The van der Waals surface area contributed by atoms with Gasteiger partial charge in [0.1, 0.15) is 0 Å². The van der Waals surface area contributed by atoms with E-state index >= 15 is 0 Å². The van der Waals surface area contributed by atoms with Gasteiger partial charge < -0.3 is 0 Å². The summed E-state index contributed by atoms with van der Waals surface area (Å²) in [6.07, 6.45) is 0.549. The molecule has 0 atom stereocenters. The number of thioether (sulfide) groups is 1. The zero-order chi connectivity index (χ0) is 10.5. The fourth-order valence-electron chi connectivity index (χ4n) is 0.583. The summed E-state index contributed by atoms with van der Waals surface area (Å²) < 4.78 is 35.3. The van der Waals surface area contributed by atoms with Crippen molar-refractivity contribution in [2.45, 2.75) is 18.9 Å². The van der Waals surface area contributed by atoms with Gasteiger partial charge in [-0.3, -0.25) is 0 Å². The first-order valence-corrected chi connectivity index (χ1v) is 6.88. The van der Waals surface area contributed by atoms with Crippen LogP contribution in [0.4, 0.5) is 13.2 Å². The second-order valence-corrected chi connectivity index (χ2v) is 5.40. The fourth-order valence-corrected chi connectivity index (χ4v) is 2.90. The van der Waals surface area contributed by atoms with Crippen molar-refractivity contribution in [2.75, 3.05) is 16.4 Å². The van der Waals surface area contributed by atoms with E-state index in [-0.39, 0.29) is 22.9 Å². The molecule has 0 N–H and O–H groups in total. The zero-order valence-corrected chi connectivity index (χ0v) is 11.1. The fraction of sp³-hybridized carbons (Fsp3) is 1.00. The Balaban J connectivity index is 3.74. The van der Waals surface area contributed by atoms with Crippen molar-refractivity contribution in [1.29, 1.82) is 0 Å². The minimum absolute atomic E-state index is 0.0495. The van der Waals surface area contributed by atoms with Crippen LogP contribution in [0, 0.1) is 5.41 Å². The van der Waals surface area contributed by atoms with Crippen LogP contribution in [0.15, 0.2) is 0 Å². The van der Waals surface area contributed by atoms with Crippen LogP contribution >= 0.6 is 43.6 Å². The van der Waals surface area contributed by atoms with Gasteiger partial charge in [-0.15, -0.1) is 0 Å². The summed E-state index contributed by atoms with van der Waals surface area (Å²) in [5, 5.41) is 1.42. The highest BCUT2D eigenvalue weighted by atomic mass is 79.9. The lowest BCUT2D eigenvalue weighted by Crippen LogP contribution is -2.21. The first kappa shape index (κ1) is 14.1. The van der Waals surface area contributed by atoms with E-state index < -0.39 is 5.51 Å². The Morgan fingerprint density at radius 3 is 1.92 bits per heavy atom. The number of rotatable bonds is 5. The first-order valence-electron chi connectivity index (χ1n) is 3.65. The van der Waals surface area contributed by atoms with Gasteiger partial charge in [-0.05, 0) is 11.8 Å². The molecule has 13 heavy (non-hydrogen) atoms. The molecule has 0 amide bonds. The molecule has 0 heterocycles. The van der Waals surface area contributed by atoms with Gasteiger partial charge in [-0.25, -0.2) is 0 Å². The lowest BCUT2D eigenvalue weighted by Gasteiger charge is -2.24. The van der Waals surface area contributed by atoms with Gasteiger partial charge >= 0.3 is 5.51 Å². The lowest BCUT2D eigenvalue weighted by atomic mass is 9.93. The Labute approximate surface area is 97.3 Å². The van der Waals surface area contributed by atoms with E-state index in [2.05, 4.69) is 31.9 Å². The highest BCUT2D eigenvalue weighted by Gasteiger charge is 2.30. The van der Waals surface area contributed by atoms with E-state index in [4.69, 9.17) is 0 Å². The van der Waals surface area contributed by atoms with Crippen molar-refractivity contribution in [2.24, 2.45) is 5.41 Å². The molecule has 0 aliphatic rings. The number of hydrogen-bond acceptors (Lipinski definition) is 1. The van der Waals surface area contributed by atoms with Crippen LogP contribution in [0.1, 0.15) is 13.3 Å². The van der Waals surface area contributed by atoms with Gasteiger partial charge in [0.2, 0.25) is 0 Å². The van der Waals surface area contributed by atoms with E-state index in [9.17, 15) is 13.2 Å². The summed E-state index contributed by atoms with van der Waals surface area (Å²) in [5.74, 6) is 0.122. The van der Waals surface area contributed by atoms with Crippen molar-refractivity contribution < 1.29 is 13.2 Å². The van der Waals surface area contributed by atoms with Crippen molar-refractivity contribution >= 4 is 43.6 Å². The predicted molar refractivity (Wildman–Crippen MR) is 58.8 cm³/mol. The standard InChI is InChI=1S/C7H11Br2F3S/c1-6(4-8,5-9)2-3-13-7(10,11)12/h2-5H2,1H3. The summed E-state index contributed by atoms with van der Waals surface area (Å²) in [6.45, 7) is 1.95. The molecule has 0 aliphatic carbocycles. The second-order valence-electron chi connectivity index (χ2n) is 3.12. The molecule has 0 spiro atoms. The average molecular weight is 344 g/mol. The largest absolute Gasteiger partial charge is 0.441 e. The monoisotopic (exact) mass is 342 g/mol. The maximum Gasteiger partial charge on any atom is 0.441 e. The third-order valence-corrected chi connectivity index (χ3v) is 5.06. The van der Waals surface area contributed by atoms with Gasteiger partial charge in [0.25, 0.3) is 0 Å². The Morgan fingerprint density at radius 1 is 1.15 bits per heavy atom. The molecule has 0 saturated carbocycles. The van der Waals surface area contributed by atoms with Crippen LogP contribution in [-0.2, 0) is 0 Å². The minimum Gasteiger partial charge on any atom is -0.160 e. The van der Waals surface area contributed by atoms with Crippen molar-refractivity contribution in [3.63, 3.8) is 0 Å². The van der Waals surface area contributed by atoms with E-state index in [1.54, 1.807) is 0 Å². The van der Waals surface area contributed by atoms with E-state index in [0.29, 0.717) is 17.1 Å². The predicted octanol–water partition coefficient (Wildman–Crippen LogP) is 4.43. The molecule has 0 rings (SSSR count). The molecule has 0 unspecified atom stereocenters. The van der Waals surface area contributed by atoms with Crippen LogP contribution in [0.3, 0.4) is 0 Å². The van der Waals surface area contributed by atoms with Gasteiger partial charge in [0.05, 0.1) is 0 Å². The average Bonchev–Trinajstić information content (AvgIpc) is 2.02. The van der Waals surface area contributed by atoms with Crippen LogP contribution in [0.25, 0.3) is 0 Å². The van der Waals surface area contributed by atoms with Crippen LogP contribution in [-0.4, -0.2) is 21.9 Å². The van der Waals surface area contributed by atoms with E-state index in [1.807, 2.05) is 6.92 Å². The Kier molecular flexibility index (Phi) is 6.35. The van der Waals surface area contributed by atoms with E-state index in [1.165, 1.54) is 0 Å². The highest BCUT2D eigenvalue weighted by Crippen LogP contribution is 2.35. The highest BCUT2D eigenvalue weighted by molar-refractivity contribution is 9.09. The normalized spacial score (nSPS) is 13.4. The number of halogens is 5. The zero-order valence-electron chi connectivity index (χ0n) is 7.13. The molecule has 0 radical (unpaired) electrons. The molecule has 0 bridgehead atoms. The number of alkyl halides is 5. The molecule has 0 fully saturated rings. The minimum atomic E-state index is -4.10. The first-order chi connectivity index (χ1) is 5.83. The maximum absolute atomic E-state index is 11.8. The van der Waals surface area contributed by atoms with Crippen LogP contribution in [0.5, 0.6) is 0 Å². The van der Waals surface area contributed by atoms with Crippen LogP contribution < -0.4 is 0 Å². The summed E-state index contributed by atoms with van der Waals surface area (Å²) >= 11 is 6.63. The SMILES string of the molecule is CC(CBr)(CBr)CCSC(F)(F)F. The summed E-state index contributed by atoms with van der Waals surface area (Å²) in [6, 6.07) is 0. The quantitative estimate of drug-likeness (QED) is 0.665. The Bertz CT molecular complexity index is 145. The van der Waals surface area contributed by atoms with Gasteiger partial charge in [0.15, 0.2) is 0 Å². The van der Waals surface area contributed by atoms with Crippen molar-refractivity contribution in [3.05, 3.63) is 0 Å². The molecule has 80 valence electrons. The lowest BCUT2D eigenvalue weighted by molar-refractivity contribution is -0.0328. The van der Waals surface area contributed by atoms with Gasteiger partial charge in [-0.2, -0.15) is 13.2 Å². The summed E-state index contributed by atoms with van der Waals surface area (Å²) in [7, 11) is 0. The topological polar surface area (TPSA) is 0 Å². The summed E-state index contributed by atoms with van der Waals surface area (Å²) in [5.41, 5.74) is -4.18. The molecule has 0 aliphatic heterocycles. The van der Waals surface area contributed by atoms with Gasteiger partial charge in [0, 0.05) is 16.4 Å². The van der Waals surface area contributed by atoms with Gasteiger partial charge in [-0.1, -0.05) is 50.5 Å². The molecule has 0 nitrogen and oxygen atoms in total. The molecular weight excluding hydrogens is 333 g/mol. The van der Waals surface area contributed by atoms with Crippen molar-refractivity contribution in [3.8, 4) is 0 Å². The molecule has 0 saturated heterocycles. The smallest absolute Gasteiger partial charge is 0.160 e. The number of hydrogen-bond donors (Lipinski definition) is 0. The van der Waals surface area contributed by atoms with E-state index in [0.717, 1.165) is 0 Å². The third-order valence-electron chi connectivity index (χ3n) is 1.62. The summed E-state index contributed by atoms with van der Waals surface area (Å²) in [4.78, 5) is 0. The second kappa shape index (κ2) is 5.85. The molecule has 0 aromatic carbocycles. The molecule has 0 aromatic rings. The molecule has 6 heteroatoms. The maximum atomic E-state index is 11.8. The Morgan fingerprint density at radius 2 is 1.62 bits per heavy atom. The van der Waals surface area contributed by atoms with Crippen LogP contribution in [0.2, 0.25) is 0 Å². The Hall–Kier alpha value is 1.10. The third kappa shape index (κ3) is 7.08. The molecule has 0 aromatic heterocycles.